The van der Waals surface area contributed by atoms with Gasteiger partial charge in [-0.05, 0) is 44.5 Å². The monoisotopic (exact) mass is 334 g/mol. The summed E-state index contributed by atoms with van der Waals surface area (Å²) in [6, 6.07) is 6.82. The van der Waals surface area contributed by atoms with Crippen LogP contribution < -0.4 is 5.32 Å². The topological polar surface area (TPSA) is 84.9 Å². The van der Waals surface area contributed by atoms with E-state index in [-0.39, 0.29) is 0 Å². The van der Waals surface area contributed by atoms with Crippen LogP contribution in [0.1, 0.15) is 33.3 Å². The second-order valence-electron chi connectivity index (χ2n) is 6.00. The van der Waals surface area contributed by atoms with Gasteiger partial charge in [-0.25, -0.2) is 4.79 Å². The van der Waals surface area contributed by atoms with E-state index >= 15 is 0 Å². The highest BCUT2D eigenvalue weighted by Gasteiger charge is 2.16. The molecule has 0 saturated carbocycles. The molecule has 130 valence electrons. The van der Waals surface area contributed by atoms with Crippen LogP contribution in [0.15, 0.2) is 30.3 Å². The van der Waals surface area contributed by atoms with Crippen LogP contribution in [-0.4, -0.2) is 35.7 Å². The van der Waals surface area contributed by atoms with E-state index in [0.29, 0.717) is 5.69 Å². The lowest BCUT2D eigenvalue weighted by atomic mass is 10.2. The molecule has 7 nitrogen and oxygen atoms in total. The maximum atomic E-state index is 11.7. The molecule has 0 unspecified atom stereocenters. The summed E-state index contributed by atoms with van der Waals surface area (Å²) < 4.78 is 5.15. The van der Waals surface area contributed by atoms with Crippen LogP contribution in [-0.2, 0) is 19.2 Å². The van der Waals surface area contributed by atoms with Crippen molar-refractivity contribution in [2.45, 2.75) is 33.3 Å². The first kappa shape index (κ1) is 19.2. The zero-order valence-electron chi connectivity index (χ0n) is 14.5. The molecule has 0 radical (unpaired) electrons. The number of ether oxygens (including phenoxy) is 1. The molecule has 0 bridgehead atoms. The Morgan fingerprint density at radius 3 is 2.21 bits per heavy atom. The minimum absolute atomic E-state index is 0.471. The average molecular weight is 334 g/mol. The summed E-state index contributed by atoms with van der Waals surface area (Å²) in [7, 11) is 1.35. The molecule has 0 aromatic heterocycles. The molecule has 1 aromatic rings. The van der Waals surface area contributed by atoms with E-state index < -0.39 is 23.6 Å². The summed E-state index contributed by atoms with van der Waals surface area (Å²) in [6.45, 7) is 6.56. The summed E-state index contributed by atoms with van der Waals surface area (Å²) in [4.78, 5) is 38.7. The summed E-state index contributed by atoms with van der Waals surface area (Å²) in [5.74, 6) is -1.04. The molecule has 7 heteroatoms. The number of carbonyl (C=O) groups excluding carboxylic acids is 3. The minimum Gasteiger partial charge on any atom is -0.444 e. The van der Waals surface area contributed by atoms with Gasteiger partial charge in [-0.2, -0.15) is 5.06 Å². The third-order valence-corrected chi connectivity index (χ3v) is 2.55. The fourth-order valence-electron chi connectivity index (χ4n) is 1.61. The van der Waals surface area contributed by atoms with Gasteiger partial charge in [0.2, 0.25) is 0 Å². The first-order valence-electron chi connectivity index (χ1n) is 7.31. The van der Waals surface area contributed by atoms with Gasteiger partial charge >= 0.3 is 12.1 Å². The highest BCUT2D eigenvalue weighted by molar-refractivity contribution is 5.91. The van der Waals surface area contributed by atoms with Gasteiger partial charge in [0, 0.05) is 25.7 Å². The Kier molecular flexibility index (Phi) is 6.52. The second-order valence-corrected chi connectivity index (χ2v) is 6.00. The van der Waals surface area contributed by atoms with E-state index in [1.54, 1.807) is 51.1 Å². The molecule has 0 spiro atoms. The normalized spacial score (nSPS) is 11.0. The van der Waals surface area contributed by atoms with Crippen molar-refractivity contribution >= 4 is 29.7 Å². The molecule has 2 amide bonds. The first-order valence-corrected chi connectivity index (χ1v) is 7.31. The number of hydrogen-bond donors (Lipinski definition) is 1. The maximum absolute atomic E-state index is 11.7. The first-order chi connectivity index (χ1) is 11.1. The molecule has 1 N–H and O–H groups in total. The van der Waals surface area contributed by atoms with Crippen LogP contribution in [0.3, 0.4) is 0 Å². The van der Waals surface area contributed by atoms with E-state index in [4.69, 9.17) is 4.74 Å². The summed E-state index contributed by atoms with van der Waals surface area (Å²) in [5, 5.41) is 3.46. The zero-order chi connectivity index (χ0) is 18.3. The van der Waals surface area contributed by atoms with Gasteiger partial charge in [-0.3, -0.25) is 14.9 Å². The van der Waals surface area contributed by atoms with Gasteiger partial charge < -0.3 is 9.57 Å². The predicted octanol–water partition coefficient (Wildman–Crippen LogP) is 2.98. The zero-order valence-corrected chi connectivity index (χ0v) is 14.5. The summed E-state index contributed by atoms with van der Waals surface area (Å²) >= 11 is 0. The SMILES string of the molecule is CC(=O)ON(C)C(=O)C=Cc1ccc(NC(=O)OC(C)(C)C)cc1. The Bertz CT molecular complexity index is 629. The van der Waals surface area contributed by atoms with Gasteiger partial charge in [0.1, 0.15) is 5.60 Å². The van der Waals surface area contributed by atoms with Crippen molar-refractivity contribution in [2.24, 2.45) is 0 Å². The molecule has 0 aliphatic rings. The molecule has 24 heavy (non-hydrogen) atoms. The fraction of sp³-hybridized carbons (Fsp3) is 0.353. The Labute approximate surface area is 141 Å². The van der Waals surface area contributed by atoms with Crippen LogP contribution in [0.4, 0.5) is 10.5 Å². The van der Waals surface area contributed by atoms with Gasteiger partial charge in [-0.1, -0.05) is 12.1 Å². The Morgan fingerprint density at radius 1 is 1.12 bits per heavy atom. The molecule has 0 aliphatic heterocycles. The number of amides is 2. The smallest absolute Gasteiger partial charge is 0.412 e. The van der Waals surface area contributed by atoms with E-state index in [1.165, 1.54) is 20.0 Å². The van der Waals surface area contributed by atoms with Crippen molar-refractivity contribution < 1.29 is 24.0 Å². The highest BCUT2D eigenvalue weighted by Crippen LogP contribution is 2.13. The number of hydroxylamine groups is 2. The van der Waals surface area contributed by atoms with Crippen molar-refractivity contribution in [3.8, 4) is 0 Å². The fourth-order valence-corrected chi connectivity index (χ4v) is 1.61. The number of hydrogen-bond acceptors (Lipinski definition) is 5. The summed E-state index contributed by atoms with van der Waals surface area (Å²) in [5.41, 5.74) is 0.750. The van der Waals surface area contributed by atoms with Crippen molar-refractivity contribution in [1.29, 1.82) is 0 Å². The van der Waals surface area contributed by atoms with Crippen LogP contribution >= 0.6 is 0 Å². The van der Waals surface area contributed by atoms with E-state index in [0.717, 1.165) is 10.6 Å². The lowest BCUT2D eigenvalue weighted by Gasteiger charge is -2.19. The lowest BCUT2D eigenvalue weighted by molar-refractivity contribution is -0.187. The average Bonchev–Trinajstić information content (AvgIpc) is 2.43. The van der Waals surface area contributed by atoms with Crippen molar-refractivity contribution in [3.63, 3.8) is 0 Å². The lowest BCUT2D eigenvalue weighted by Crippen LogP contribution is -2.27. The number of nitrogens with zero attached hydrogens (tertiary/aromatic N) is 1. The second kappa shape index (κ2) is 8.14. The van der Waals surface area contributed by atoms with Crippen LogP contribution in [0.2, 0.25) is 0 Å². The number of carbonyl (C=O) groups is 3. The molecular weight excluding hydrogens is 312 g/mol. The number of likely N-dealkylation sites (N-methyl/N-ethyl adjacent to an activating group) is 1. The molecule has 0 saturated heterocycles. The van der Waals surface area contributed by atoms with E-state index in [9.17, 15) is 14.4 Å². The van der Waals surface area contributed by atoms with Crippen molar-refractivity contribution in [1.82, 2.24) is 5.06 Å². The number of nitrogens with one attached hydrogen (secondary N) is 1. The Balaban J connectivity index is 2.61. The Hall–Kier alpha value is -2.83. The van der Waals surface area contributed by atoms with Crippen LogP contribution in [0.25, 0.3) is 6.08 Å². The highest BCUT2D eigenvalue weighted by atomic mass is 16.7. The van der Waals surface area contributed by atoms with Gasteiger partial charge in [0.15, 0.2) is 0 Å². The molecular formula is C17H22N2O5. The van der Waals surface area contributed by atoms with Crippen molar-refractivity contribution in [2.75, 3.05) is 12.4 Å². The minimum atomic E-state index is -0.572. The third kappa shape index (κ3) is 7.44. The third-order valence-electron chi connectivity index (χ3n) is 2.55. The molecule has 0 aliphatic carbocycles. The van der Waals surface area contributed by atoms with Crippen LogP contribution in [0, 0.1) is 0 Å². The number of benzene rings is 1. The number of anilines is 1. The maximum Gasteiger partial charge on any atom is 0.412 e. The predicted molar refractivity (Wildman–Crippen MR) is 89.9 cm³/mol. The Morgan fingerprint density at radius 2 is 1.71 bits per heavy atom. The summed E-state index contributed by atoms with van der Waals surface area (Å²) in [6.07, 6.45) is 2.31. The van der Waals surface area contributed by atoms with Gasteiger partial charge in [-0.15, -0.1) is 0 Å². The number of rotatable bonds is 3. The molecule has 0 heterocycles. The van der Waals surface area contributed by atoms with E-state index in [2.05, 4.69) is 10.2 Å². The molecule has 1 aromatic carbocycles. The van der Waals surface area contributed by atoms with Gasteiger partial charge in [0.05, 0.1) is 0 Å². The quantitative estimate of drug-likeness (QED) is 0.678. The molecule has 1 rings (SSSR count). The largest absolute Gasteiger partial charge is 0.444 e. The molecule has 0 fully saturated rings. The van der Waals surface area contributed by atoms with E-state index in [1.807, 2.05) is 0 Å². The standard InChI is InChI=1S/C17H22N2O5/c1-12(20)24-19(5)15(21)11-8-13-6-9-14(10-7-13)18-16(22)23-17(2,3)4/h6-11H,1-5H3,(H,18,22). The molecule has 0 atom stereocenters. The van der Waals surface area contributed by atoms with Crippen molar-refractivity contribution in [3.05, 3.63) is 35.9 Å². The van der Waals surface area contributed by atoms with Gasteiger partial charge in [0.25, 0.3) is 5.91 Å². The van der Waals surface area contributed by atoms with Crippen LogP contribution in [0.5, 0.6) is 0 Å².